The van der Waals surface area contributed by atoms with Gasteiger partial charge in [-0.2, -0.15) is 0 Å². The number of halogens is 2. The zero-order valence-electron chi connectivity index (χ0n) is 8.15. The number of fused-ring (bicyclic) bond motifs is 1. The van der Waals surface area contributed by atoms with Crippen LogP contribution in [0.5, 0.6) is 0 Å². The smallest absolute Gasteiger partial charge is 0.225 e. The average molecular weight is 385 g/mol. The molecule has 2 aromatic rings. The number of hydrogen-bond donors (Lipinski definition) is 0. The van der Waals surface area contributed by atoms with E-state index < -0.39 is 12.4 Å². The summed E-state index contributed by atoms with van der Waals surface area (Å²) < 4.78 is 24.0. The van der Waals surface area contributed by atoms with Gasteiger partial charge >= 0.3 is 0 Å². The lowest BCUT2D eigenvalue weighted by atomic mass is 10.3. The number of aromatic nitrogens is 1. The monoisotopic (exact) mass is 383 g/mol. The van der Waals surface area contributed by atoms with Crippen LogP contribution >= 0.6 is 43.2 Å². The molecular weight excluding hydrogens is 378 g/mol. The Morgan fingerprint density at radius 1 is 1.31 bits per heavy atom. The van der Waals surface area contributed by atoms with Gasteiger partial charge in [0.25, 0.3) is 0 Å². The van der Waals surface area contributed by atoms with Gasteiger partial charge in [0.15, 0.2) is 2.57 Å². The van der Waals surface area contributed by atoms with Crippen molar-refractivity contribution in [3.63, 3.8) is 0 Å². The van der Waals surface area contributed by atoms with Gasteiger partial charge in [-0.15, -0.1) is 11.3 Å². The van der Waals surface area contributed by atoms with Crippen molar-refractivity contribution in [2.24, 2.45) is 0 Å². The van der Waals surface area contributed by atoms with Crippen LogP contribution in [0.4, 0.5) is 0 Å². The molecule has 2 rings (SSSR count). The lowest BCUT2D eigenvalue weighted by molar-refractivity contribution is 0.593. The number of hydrogen-bond acceptors (Lipinski definition) is 4. The van der Waals surface area contributed by atoms with Crippen molar-refractivity contribution in [3.05, 3.63) is 24.3 Å². The maximum Gasteiger partial charge on any atom is 0.230 e. The molecule has 0 aliphatic rings. The molecule has 7 heteroatoms. The Balaban J connectivity index is 2.66. The van der Waals surface area contributed by atoms with E-state index in [9.17, 15) is 8.42 Å². The van der Waals surface area contributed by atoms with Crippen molar-refractivity contribution in [3.8, 4) is 0 Å². The predicted molar refractivity (Wildman–Crippen MR) is 73.1 cm³/mol. The average Bonchev–Trinajstić information content (AvgIpc) is 2.59. The number of para-hydroxylation sites is 1. The SMILES string of the molecule is CC(Br)(Br)S(=O)(=O)c1nc2ccccc2s1. The first-order valence-corrected chi connectivity index (χ1v) is 8.19. The van der Waals surface area contributed by atoms with Crippen molar-refractivity contribution in [2.45, 2.75) is 13.8 Å². The second-order valence-electron chi connectivity index (χ2n) is 3.26. The molecule has 0 fully saturated rings. The van der Waals surface area contributed by atoms with E-state index in [0.29, 0.717) is 5.52 Å². The Morgan fingerprint density at radius 2 is 1.94 bits per heavy atom. The second-order valence-corrected chi connectivity index (χ2v) is 12.0. The third-order valence-corrected chi connectivity index (χ3v) is 7.77. The van der Waals surface area contributed by atoms with Crippen molar-refractivity contribution in [1.29, 1.82) is 0 Å². The third kappa shape index (κ3) is 2.05. The van der Waals surface area contributed by atoms with Gasteiger partial charge in [0, 0.05) is 0 Å². The zero-order valence-corrected chi connectivity index (χ0v) is 13.0. The molecular formula is C9H7Br2NO2S2. The summed E-state index contributed by atoms with van der Waals surface area (Å²) in [5.74, 6) is 0. The molecule has 1 aromatic heterocycles. The molecule has 0 spiro atoms. The van der Waals surface area contributed by atoms with Crippen molar-refractivity contribution < 1.29 is 8.42 Å². The van der Waals surface area contributed by atoms with E-state index >= 15 is 0 Å². The first-order valence-electron chi connectivity index (χ1n) is 4.30. The van der Waals surface area contributed by atoms with E-state index in [2.05, 4.69) is 36.8 Å². The van der Waals surface area contributed by atoms with Gasteiger partial charge in [0.2, 0.25) is 14.2 Å². The highest BCUT2D eigenvalue weighted by Gasteiger charge is 2.37. The summed E-state index contributed by atoms with van der Waals surface area (Å²) in [5.41, 5.74) is 0.704. The molecule has 86 valence electrons. The standard InChI is InChI=1S/C9H7Br2NO2S2/c1-9(10,11)16(13,14)8-12-6-4-2-3-5-7(6)15-8/h2-5H,1H3. The summed E-state index contributed by atoms with van der Waals surface area (Å²) in [7, 11) is -3.50. The second kappa shape index (κ2) is 4.04. The molecule has 0 saturated carbocycles. The molecule has 1 heterocycles. The maximum atomic E-state index is 12.1. The summed E-state index contributed by atoms with van der Waals surface area (Å²) in [6.45, 7) is 1.52. The number of benzene rings is 1. The number of rotatable bonds is 2. The van der Waals surface area contributed by atoms with Gasteiger partial charge < -0.3 is 0 Å². The van der Waals surface area contributed by atoms with Gasteiger partial charge in [0.05, 0.1) is 10.2 Å². The molecule has 0 amide bonds. The summed E-state index contributed by atoms with van der Waals surface area (Å²) in [6.07, 6.45) is 0. The molecule has 0 bridgehead atoms. The first kappa shape index (κ1) is 12.5. The van der Waals surface area contributed by atoms with E-state index in [-0.39, 0.29) is 4.34 Å². The normalized spacial score (nSPS) is 13.2. The number of alkyl halides is 2. The Hall–Kier alpha value is 0.0200. The van der Waals surface area contributed by atoms with Gasteiger partial charge in [-0.1, -0.05) is 44.0 Å². The van der Waals surface area contributed by atoms with Crippen LogP contribution in [0.3, 0.4) is 0 Å². The Bertz CT molecular complexity index is 595. The summed E-state index contributed by atoms with van der Waals surface area (Å²) in [6, 6.07) is 7.34. The quantitative estimate of drug-likeness (QED) is 0.744. The fraction of sp³-hybridized carbons (Fsp3) is 0.222. The Labute approximate surface area is 114 Å². The number of sulfone groups is 1. The van der Waals surface area contributed by atoms with Crippen LogP contribution in [-0.2, 0) is 9.84 Å². The van der Waals surface area contributed by atoms with Crippen molar-refractivity contribution in [1.82, 2.24) is 4.98 Å². The Kier molecular flexibility index (Phi) is 3.15. The minimum atomic E-state index is -3.50. The number of nitrogens with zero attached hydrogens (tertiary/aromatic N) is 1. The maximum absolute atomic E-state index is 12.1. The first-order chi connectivity index (χ1) is 7.32. The van der Waals surface area contributed by atoms with Crippen LogP contribution in [0.1, 0.15) is 6.92 Å². The lowest BCUT2D eigenvalue weighted by Crippen LogP contribution is -2.20. The van der Waals surface area contributed by atoms with E-state index in [1.165, 1.54) is 18.3 Å². The molecule has 1 aromatic carbocycles. The van der Waals surface area contributed by atoms with Crippen LogP contribution in [0.25, 0.3) is 10.2 Å². The third-order valence-electron chi connectivity index (χ3n) is 1.98. The van der Waals surface area contributed by atoms with Crippen LogP contribution in [0.15, 0.2) is 28.6 Å². The van der Waals surface area contributed by atoms with E-state index in [1.807, 2.05) is 18.2 Å². The highest BCUT2D eigenvalue weighted by atomic mass is 79.9. The van der Waals surface area contributed by atoms with Crippen LogP contribution in [0, 0.1) is 0 Å². The van der Waals surface area contributed by atoms with Gasteiger partial charge in [-0.3, -0.25) is 0 Å². The van der Waals surface area contributed by atoms with Crippen LogP contribution in [-0.4, -0.2) is 16.0 Å². The molecule has 3 nitrogen and oxygen atoms in total. The van der Waals surface area contributed by atoms with Crippen LogP contribution in [0.2, 0.25) is 0 Å². The summed E-state index contributed by atoms with van der Waals surface area (Å²) >= 11 is 7.35. The van der Waals surface area contributed by atoms with Crippen molar-refractivity contribution in [2.75, 3.05) is 0 Å². The summed E-state index contributed by atoms with van der Waals surface area (Å²) in [5, 5.41) is 0. The molecule has 0 radical (unpaired) electrons. The molecule has 16 heavy (non-hydrogen) atoms. The lowest BCUT2D eigenvalue weighted by Gasteiger charge is -2.12. The highest BCUT2D eigenvalue weighted by molar-refractivity contribution is 9.27. The molecule has 0 N–H and O–H groups in total. The van der Waals surface area contributed by atoms with Gasteiger partial charge in [0.1, 0.15) is 0 Å². The fourth-order valence-corrected chi connectivity index (χ4v) is 5.11. The largest absolute Gasteiger partial charge is 0.230 e. The predicted octanol–water partition coefficient (Wildman–Crippen LogP) is 3.53. The van der Waals surface area contributed by atoms with Gasteiger partial charge in [-0.25, -0.2) is 13.4 Å². The van der Waals surface area contributed by atoms with E-state index in [0.717, 1.165) is 4.70 Å². The minimum Gasteiger partial charge on any atom is -0.225 e. The highest BCUT2D eigenvalue weighted by Crippen LogP contribution is 2.39. The molecule has 0 aliphatic heterocycles. The fourth-order valence-electron chi connectivity index (χ4n) is 1.12. The van der Waals surface area contributed by atoms with E-state index in [4.69, 9.17) is 0 Å². The molecule has 0 saturated heterocycles. The molecule has 0 atom stereocenters. The van der Waals surface area contributed by atoms with E-state index in [1.54, 1.807) is 6.07 Å². The van der Waals surface area contributed by atoms with Crippen molar-refractivity contribution >= 4 is 63.3 Å². The van der Waals surface area contributed by atoms with Gasteiger partial charge in [-0.05, 0) is 19.1 Å². The molecule has 0 unspecified atom stereocenters. The molecule has 0 aliphatic carbocycles. The van der Waals surface area contributed by atoms with Crippen LogP contribution < -0.4 is 0 Å². The Morgan fingerprint density at radius 3 is 2.50 bits per heavy atom. The zero-order chi connectivity index (χ0) is 12.0. The summed E-state index contributed by atoms with van der Waals surface area (Å²) in [4.78, 5) is 4.12. The minimum absolute atomic E-state index is 0.116. The number of thiazole rings is 1. The topological polar surface area (TPSA) is 47.0 Å².